The lowest BCUT2D eigenvalue weighted by Gasteiger charge is -2.18. The van der Waals surface area contributed by atoms with Crippen LogP contribution in [0, 0.1) is 5.92 Å². The number of aryl methyl sites for hydroxylation is 1. The predicted octanol–water partition coefficient (Wildman–Crippen LogP) is 2.96. The molecule has 0 heterocycles. The zero-order valence-electron chi connectivity index (χ0n) is 13.1. The number of rotatable bonds is 6. The molecular formula is C16H24N2O3. The highest BCUT2D eigenvalue weighted by Gasteiger charge is 2.22. The number of benzene rings is 1. The summed E-state index contributed by atoms with van der Waals surface area (Å²) in [6, 6.07) is 6.56. The number of urea groups is 1. The number of carbonyl (C=O) groups excluding carboxylic acids is 2. The van der Waals surface area contributed by atoms with Gasteiger partial charge in [0.25, 0.3) is 0 Å². The fourth-order valence-electron chi connectivity index (χ4n) is 1.98. The van der Waals surface area contributed by atoms with E-state index in [4.69, 9.17) is 4.74 Å². The van der Waals surface area contributed by atoms with Gasteiger partial charge >= 0.3 is 12.0 Å². The van der Waals surface area contributed by atoms with Crippen LogP contribution in [0.3, 0.4) is 0 Å². The van der Waals surface area contributed by atoms with Crippen molar-refractivity contribution in [2.75, 3.05) is 12.4 Å². The average Bonchev–Trinajstić information content (AvgIpc) is 2.46. The van der Waals surface area contributed by atoms with Crippen LogP contribution in [0.4, 0.5) is 10.5 Å². The third-order valence-corrected chi connectivity index (χ3v) is 3.12. The van der Waals surface area contributed by atoms with Crippen molar-refractivity contribution in [3.8, 4) is 0 Å². The molecule has 0 fully saturated rings. The van der Waals surface area contributed by atoms with Crippen LogP contribution < -0.4 is 10.6 Å². The number of hydrogen-bond donors (Lipinski definition) is 2. The van der Waals surface area contributed by atoms with Gasteiger partial charge in [-0.25, -0.2) is 9.59 Å². The first kappa shape index (κ1) is 17.0. The molecule has 21 heavy (non-hydrogen) atoms. The smallest absolute Gasteiger partial charge is 0.328 e. The minimum absolute atomic E-state index is 0.276. The number of esters is 1. The van der Waals surface area contributed by atoms with Gasteiger partial charge in [0.2, 0.25) is 0 Å². The third kappa shape index (κ3) is 5.85. The summed E-state index contributed by atoms with van der Waals surface area (Å²) in [6.07, 6.45) is 1.49. The first-order valence-corrected chi connectivity index (χ1v) is 7.20. The van der Waals surface area contributed by atoms with Crippen LogP contribution in [-0.2, 0) is 16.0 Å². The summed E-state index contributed by atoms with van der Waals surface area (Å²) in [5, 5.41) is 5.37. The zero-order valence-corrected chi connectivity index (χ0v) is 13.1. The fraction of sp³-hybridized carbons (Fsp3) is 0.500. The molecule has 1 aromatic rings. The van der Waals surface area contributed by atoms with E-state index in [0.29, 0.717) is 12.1 Å². The quantitative estimate of drug-likeness (QED) is 0.792. The van der Waals surface area contributed by atoms with E-state index < -0.39 is 18.0 Å². The van der Waals surface area contributed by atoms with Crippen molar-refractivity contribution in [1.82, 2.24) is 5.32 Å². The van der Waals surface area contributed by atoms with Gasteiger partial charge in [-0.05, 0) is 36.5 Å². The highest BCUT2D eigenvalue weighted by molar-refractivity contribution is 5.92. The number of hydrogen-bond acceptors (Lipinski definition) is 3. The topological polar surface area (TPSA) is 67.4 Å². The van der Waals surface area contributed by atoms with Crippen LogP contribution in [0.1, 0.15) is 32.8 Å². The summed E-state index contributed by atoms with van der Waals surface area (Å²) in [5.41, 5.74) is 1.89. The van der Waals surface area contributed by atoms with Gasteiger partial charge in [0.1, 0.15) is 6.04 Å². The molecule has 0 bridgehead atoms. The largest absolute Gasteiger partial charge is 0.467 e. The third-order valence-electron chi connectivity index (χ3n) is 3.12. The van der Waals surface area contributed by atoms with Crippen molar-refractivity contribution in [3.05, 3.63) is 29.8 Å². The van der Waals surface area contributed by atoms with Crippen LogP contribution in [0.15, 0.2) is 24.3 Å². The molecule has 0 saturated carbocycles. The minimum Gasteiger partial charge on any atom is -0.467 e. The standard InChI is InChI=1S/C16H24N2O3/c1-5-12-6-8-13(9-7-12)17-16(20)18-14(10-11(2)3)15(19)21-4/h6-9,11,14H,5,10H2,1-4H3,(H2,17,18,20)/t14-/m0/s1. The van der Waals surface area contributed by atoms with E-state index in [1.54, 1.807) is 0 Å². The van der Waals surface area contributed by atoms with Crippen LogP contribution in [0.2, 0.25) is 0 Å². The first-order valence-electron chi connectivity index (χ1n) is 7.20. The maximum atomic E-state index is 11.9. The van der Waals surface area contributed by atoms with Gasteiger partial charge in [0.15, 0.2) is 0 Å². The average molecular weight is 292 g/mol. The van der Waals surface area contributed by atoms with E-state index in [0.717, 1.165) is 6.42 Å². The molecule has 116 valence electrons. The Kier molecular flexibility index (Phi) is 6.72. The van der Waals surface area contributed by atoms with Crippen LogP contribution in [0.5, 0.6) is 0 Å². The second kappa shape index (κ2) is 8.29. The summed E-state index contributed by atoms with van der Waals surface area (Å²) in [5.74, 6) is -0.154. The van der Waals surface area contributed by atoms with Crippen molar-refractivity contribution in [3.63, 3.8) is 0 Å². The second-order valence-corrected chi connectivity index (χ2v) is 5.35. The Bertz CT molecular complexity index is 469. The second-order valence-electron chi connectivity index (χ2n) is 5.35. The Hall–Kier alpha value is -2.04. The Balaban J connectivity index is 2.61. The number of carbonyl (C=O) groups is 2. The van der Waals surface area contributed by atoms with Gasteiger partial charge < -0.3 is 15.4 Å². The molecule has 0 aliphatic heterocycles. The molecule has 0 aromatic heterocycles. The summed E-state index contributed by atoms with van der Waals surface area (Å²) in [7, 11) is 1.32. The van der Waals surface area contributed by atoms with E-state index in [1.807, 2.05) is 38.1 Å². The van der Waals surface area contributed by atoms with E-state index in [9.17, 15) is 9.59 Å². The number of ether oxygens (including phenoxy) is 1. The molecule has 2 amide bonds. The molecule has 0 radical (unpaired) electrons. The Labute approximate surface area is 126 Å². The summed E-state index contributed by atoms with van der Waals surface area (Å²) >= 11 is 0. The molecule has 1 rings (SSSR count). The van der Waals surface area contributed by atoms with E-state index in [2.05, 4.69) is 17.6 Å². The maximum Gasteiger partial charge on any atom is 0.328 e. The SMILES string of the molecule is CCc1ccc(NC(=O)N[C@@H](CC(C)C)C(=O)OC)cc1. The summed E-state index contributed by atoms with van der Waals surface area (Å²) < 4.78 is 4.71. The summed E-state index contributed by atoms with van der Waals surface area (Å²) in [6.45, 7) is 6.04. The first-order chi connectivity index (χ1) is 9.96. The van der Waals surface area contributed by atoms with Gasteiger partial charge in [-0.1, -0.05) is 32.9 Å². The van der Waals surface area contributed by atoms with E-state index in [1.165, 1.54) is 12.7 Å². The van der Waals surface area contributed by atoms with Crippen molar-refractivity contribution in [2.45, 2.75) is 39.7 Å². The maximum absolute atomic E-state index is 11.9. The minimum atomic E-state index is -0.634. The molecule has 0 aliphatic rings. The van der Waals surface area contributed by atoms with Gasteiger partial charge in [0.05, 0.1) is 7.11 Å². The zero-order chi connectivity index (χ0) is 15.8. The Morgan fingerprint density at radius 3 is 2.29 bits per heavy atom. The van der Waals surface area contributed by atoms with Crippen molar-refractivity contribution in [2.24, 2.45) is 5.92 Å². The Morgan fingerprint density at radius 1 is 1.19 bits per heavy atom. The van der Waals surface area contributed by atoms with E-state index >= 15 is 0 Å². The van der Waals surface area contributed by atoms with Gasteiger partial charge in [-0.2, -0.15) is 0 Å². The monoisotopic (exact) mass is 292 g/mol. The normalized spacial score (nSPS) is 11.9. The van der Waals surface area contributed by atoms with E-state index in [-0.39, 0.29) is 5.92 Å². The number of anilines is 1. The highest BCUT2D eigenvalue weighted by atomic mass is 16.5. The number of nitrogens with one attached hydrogen (secondary N) is 2. The van der Waals surface area contributed by atoms with Crippen LogP contribution in [0.25, 0.3) is 0 Å². The summed E-state index contributed by atoms with van der Waals surface area (Å²) in [4.78, 5) is 23.6. The molecule has 0 unspecified atom stereocenters. The van der Waals surface area contributed by atoms with Crippen LogP contribution in [-0.4, -0.2) is 25.2 Å². The molecule has 5 nitrogen and oxygen atoms in total. The molecule has 1 atom stereocenters. The molecular weight excluding hydrogens is 268 g/mol. The predicted molar refractivity (Wildman–Crippen MR) is 83.2 cm³/mol. The lowest BCUT2D eigenvalue weighted by molar-refractivity contribution is -0.143. The van der Waals surface area contributed by atoms with Crippen molar-refractivity contribution >= 4 is 17.7 Å². The molecule has 2 N–H and O–H groups in total. The lowest BCUT2D eigenvalue weighted by Crippen LogP contribution is -2.44. The van der Waals surface area contributed by atoms with Gasteiger partial charge in [-0.3, -0.25) is 0 Å². The molecule has 5 heteroatoms. The highest BCUT2D eigenvalue weighted by Crippen LogP contribution is 2.11. The molecule has 1 aromatic carbocycles. The van der Waals surface area contributed by atoms with Crippen molar-refractivity contribution < 1.29 is 14.3 Å². The van der Waals surface area contributed by atoms with Gasteiger partial charge in [0, 0.05) is 5.69 Å². The van der Waals surface area contributed by atoms with Crippen molar-refractivity contribution in [1.29, 1.82) is 0 Å². The molecule has 0 spiro atoms. The molecule has 0 saturated heterocycles. The molecule has 0 aliphatic carbocycles. The number of methoxy groups -OCH3 is 1. The lowest BCUT2D eigenvalue weighted by atomic mass is 10.0. The fourth-order valence-corrected chi connectivity index (χ4v) is 1.98. The number of amides is 2. The van der Waals surface area contributed by atoms with Crippen LogP contribution >= 0.6 is 0 Å². The Morgan fingerprint density at radius 2 is 1.81 bits per heavy atom. The van der Waals surface area contributed by atoms with Gasteiger partial charge in [-0.15, -0.1) is 0 Å².